The first-order chi connectivity index (χ1) is 14.8. The Labute approximate surface area is 194 Å². The van der Waals surface area contributed by atoms with E-state index in [1.54, 1.807) is 0 Å². The predicted molar refractivity (Wildman–Crippen MR) is 141 cm³/mol. The van der Waals surface area contributed by atoms with Gasteiger partial charge in [0.1, 0.15) is 0 Å². The van der Waals surface area contributed by atoms with Gasteiger partial charge in [-0.3, -0.25) is 0 Å². The van der Waals surface area contributed by atoms with Crippen molar-refractivity contribution in [3.63, 3.8) is 0 Å². The second-order valence-corrected chi connectivity index (χ2v) is 12.2. The van der Waals surface area contributed by atoms with Crippen LogP contribution >= 0.6 is 0 Å². The number of hydrogen-bond acceptors (Lipinski definition) is 0. The summed E-state index contributed by atoms with van der Waals surface area (Å²) >= 11 is 0. The molecule has 1 aromatic carbocycles. The monoisotopic (exact) mass is 420 g/mol. The van der Waals surface area contributed by atoms with Crippen molar-refractivity contribution in [3.05, 3.63) is 42.5 Å². The molecule has 0 nitrogen and oxygen atoms in total. The SMILES string of the molecule is C=C(B(C[C@H]1C[C@H](C)CC[C@H]1C(C)C)C[C@H]1C[C@H](C)CC[C@H]1C(C)C)c1ccccc1. The molecule has 2 fully saturated rings. The van der Waals surface area contributed by atoms with E-state index in [-0.39, 0.29) is 0 Å². The van der Waals surface area contributed by atoms with Crippen molar-refractivity contribution < 1.29 is 0 Å². The third-order valence-corrected chi connectivity index (χ3v) is 9.13. The minimum atomic E-state index is 0.635. The van der Waals surface area contributed by atoms with Gasteiger partial charge in [0.05, 0.1) is 0 Å². The zero-order chi connectivity index (χ0) is 22.5. The Morgan fingerprint density at radius 2 is 1.26 bits per heavy atom. The summed E-state index contributed by atoms with van der Waals surface area (Å²) < 4.78 is 0. The van der Waals surface area contributed by atoms with Crippen LogP contribution in [0.5, 0.6) is 0 Å². The first-order valence-electron chi connectivity index (χ1n) is 13.5. The molecule has 0 radical (unpaired) electrons. The van der Waals surface area contributed by atoms with Crippen LogP contribution in [0.2, 0.25) is 12.6 Å². The van der Waals surface area contributed by atoms with E-state index in [2.05, 4.69) is 71.9 Å². The minimum absolute atomic E-state index is 0.635. The van der Waals surface area contributed by atoms with E-state index >= 15 is 0 Å². The average Bonchev–Trinajstić information content (AvgIpc) is 2.73. The largest absolute Gasteiger partial charge is 0.176 e. The normalized spacial score (nSPS) is 31.7. The Balaban J connectivity index is 1.84. The molecule has 31 heavy (non-hydrogen) atoms. The summed E-state index contributed by atoms with van der Waals surface area (Å²) in [5, 5.41) is 0. The van der Waals surface area contributed by atoms with E-state index in [9.17, 15) is 0 Å². The Bertz CT molecular complexity index is 641. The lowest BCUT2D eigenvalue weighted by atomic mass is 9.34. The van der Waals surface area contributed by atoms with Crippen molar-refractivity contribution in [2.45, 2.75) is 92.7 Å². The molecule has 0 spiro atoms. The molecule has 2 saturated carbocycles. The van der Waals surface area contributed by atoms with Gasteiger partial charge in [-0.2, -0.15) is 0 Å². The van der Waals surface area contributed by atoms with Gasteiger partial charge in [-0.15, -0.1) is 6.58 Å². The molecular weight excluding hydrogens is 371 g/mol. The van der Waals surface area contributed by atoms with E-state index in [1.165, 1.54) is 62.2 Å². The van der Waals surface area contributed by atoms with Crippen LogP contribution in [0.15, 0.2) is 36.9 Å². The molecule has 2 aliphatic rings. The number of rotatable bonds is 8. The van der Waals surface area contributed by atoms with Crippen LogP contribution in [0.25, 0.3) is 5.47 Å². The van der Waals surface area contributed by atoms with Gasteiger partial charge in [-0.25, -0.2) is 0 Å². The van der Waals surface area contributed by atoms with Crippen LogP contribution in [-0.4, -0.2) is 6.71 Å². The fourth-order valence-electron chi connectivity index (χ4n) is 7.34. The first-order valence-corrected chi connectivity index (χ1v) is 13.5. The molecule has 0 amide bonds. The van der Waals surface area contributed by atoms with Gasteiger partial charge < -0.3 is 0 Å². The molecular formula is C30H49B. The maximum absolute atomic E-state index is 4.73. The fraction of sp³-hybridized carbons (Fsp3) is 0.733. The zero-order valence-corrected chi connectivity index (χ0v) is 21.4. The molecule has 0 heterocycles. The van der Waals surface area contributed by atoms with Crippen molar-refractivity contribution in [3.8, 4) is 0 Å². The topological polar surface area (TPSA) is 0 Å². The van der Waals surface area contributed by atoms with Crippen LogP contribution in [0.4, 0.5) is 0 Å². The highest BCUT2D eigenvalue weighted by Crippen LogP contribution is 2.45. The molecule has 0 aromatic heterocycles. The summed E-state index contributed by atoms with van der Waals surface area (Å²) in [5.41, 5.74) is 2.80. The summed E-state index contributed by atoms with van der Waals surface area (Å²) in [4.78, 5) is 0. The molecule has 0 aliphatic heterocycles. The van der Waals surface area contributed by atoms with Gasteiger partial charge >= 0.3 is 0 Å². The van der Waals surface area contributed by atoms with Gasteiger partial charge in [0.25, 0.3) is 0 Å². The average molecular weight is 421 g/mol. The summed E-state index contributed by atoms with van der Waals surface area (Å²) in [6, 6.07) is 11.1. The Kier molecular flexibility index (Phi) is 8.95. The van der Waals surface area contributed by atoms with Crippen molar-refractivity contribution in [2.75, 3.05) is 0 Å². The Morgan fingerprint density at radius 1 is 0.806 bits per heavy atom. The van der Waals surface area contributed by atoms with Crippen molar-refractivity contribution >= 4 is 12.2 Å². The third-order valence-electron chi connectivity index (χ3n) is 9.13. The van der Waals surface area contributed by atoms with Gasteiger partial charge in [-0.1, -0.05) is 103 Å². The van der Waals surface area contributed by atoms with Gasteiger partial charge in [0, 0.05) is 0 Å². The van der Waals surface area contributed by atoms with Gasteiger partial charge in [0.2, 0.25) is 0 Å². The lowest BCUT2D eigenvalue weighted by molar-refractivity contribution is 0.151. The van der Waals surface area contributed by atoms with Crippen LogP contribution < -0.4 is 0 Å². The Hall–Kier alpha value is -0.975. The van der Waals surface area contributed by atoms with Crippen molar-refractivity contribution in [1.29, 1.82) is 0 Å². The molecule has 3 rings (SSSR count). The highest BCUT2D eigenvalue weighted by Gasteiger charge is 2.38. The van der Waals surface area contributed by atoms with E-state index in [1.807, 2.05) is 0 Å². The van der Waals surface area contributed by atoms with Crippen LogP contribution in [0.3, 0.4) is 0 Å². The van der Waals surface area contributed by atoms with Crippen LogP contribution in [0, 0.1) is 47.3 Å². The standard InChI is InChI=1S/C30H49B/c1-21(2)29-15-13-23(5)17-27(29)19-31(25(7)26-11-9-8-10-12-26)20-28-18-24(6)14-16-30(28)22(3)4/h8-12,21-24,27-30H,7,13-20H2,1-6H3/t23-,24-,27-,28-,29+,30+/m1/s1. The molecule has 172 valence electrons. The van der Waals surface area contributed by atoms with Crippen molar-refractivity contribution in [1.82, 2.24) is 0 Å². The lowest BCUT2D eigenvalue weighted by Crippen LogP contribution is -2.35. The molecule has 0 saturated heterocycles. The molecule has 0 bridgehead atoms. The maximum atomic E-state index is 4.73. The Morgan fingerprint density at radius 3 is 1.68 bits per heavy atom. The smallest absolute Gasteiger partial charge is 0.104 e. The summed E-state index contributed by atoms with van der Waals surface area (Å²) in [7, 11) is 0. The molecule has 0 unspecified atom stereocenters. The molecule has 0 N–H and O–H groups in total. The summed E-state index contributed by atoms with van der Waals surface area (Å²) in [5.74, 6) is 6.93. The first kappa shape index (κ1) is 24.7. The van der Waals surface area contributed by atoms with E-state index < -0.39 is 0 Å². The minimum Gasteiger partial charge on any atom is -0.104 e. The highest BCUT2D eigenvalue weighted by molar-refractivity contribution is 6.78. The van der Waals surface area contributed by atoms with Gasteiger partial charge in [-0.05, 0) is 78.6 Å². The summed E-state index contributed by atoms with van der Waals surface area (Å²) in [6.07, 6.45) is 11.3. The molecule has 1 heteroatoms. The lowest BCUT2D eigenvalue weighted by Gasteiger charge is -2.42. The van der Waals surface area contributed by atoms with E-state index in [0.29, 0.717) is 6.71 Å². The number of hydrogen-bond donors (Lipinski definition) is 0. The fourth-order valence-corrected chi connectivity index (χ4v) is 7.34. The zero-order valence-electron chi connectivity index (χ0n) is 21.4. The molecule has 1 aromatic rings. The van der Waals surface area contributed by atoms with Crippen molar-refractivity contribution in [2.24, 2.45) is 47.3 Å². The molecule has 2 aliphatic carbocycles. The second kappa shape index (κ2) is 11.2. The van der Waals surface area contributed by atoms with E-state index in [0.717, 1.165) is 47.3 Å². The van der Waals surface area contributed by atoms with Gasteiger partial charge in [0.15, 0.2) is 6.71 Å². The predicted octanol–water partition coefficient (Wildman–Crippen LogP) is 9.15. The van der Waals surface area contributed by atoms with Crippen LogP contribution in [0.1, 0.15) is 85.6 Å². The number of benzene rings is 1. The van der Waals surface area contributed by atoms with E-state index in [4.69, 9.17) is 6.58 Å². The third kappa shape index (κ3) is 6.52. The summed E-state index contributed by atoms with van der Waals surface area (Å²) in [6.45, 7) is 20.2. The highest BCUT2D eigenvalue weighted by atomic mass is 14.4. The second-order valence-electron chi connectivity index (χ2n) is 12.2. The molecule has 6 atom stereocenters. The quantitative estimate of drug-likeness (QED) is 0.368. The van der Waals surface area contributed by atoms with Crippen LogP contribution in [-0.2, 0) is 0 Å². The maximum Gasteiger partial charge on any atom is 0.176 e.